The minimum absolute atomic E-state index is 0.213. The summed E-state index contributed by atoms with van der Waals surface area (Å²) in [4.78, 5) is 28.9. The maximum atomic E-state index is 12.8. The summed E-state index contributed by atoms with van der Waals surface area (Å²) in [6.07, 6.45) is 2.76. The van der Waals surface area contributed by atoms with Gasteiger partial charge < -0.3 is 14.2 Å². The van der Waals surface area contributed by atoms with E-state index in [0.29, 0.717) is 16.1 Å². The first kappa shape index (κ1) is 20.6. The number of hydrogen-bond donors (Lipinski definition) is 0. The molecule has 0 amide bonds. The zero-order valence-corrected chi connectivity index (χ0v) is 17.7. The minimum atomic E-state index is -0.626. The van der Waals surface area contributed by atoms with Crippen LogP contribution in [0, 0.1) is 0 Å². The van der Waals surface area contributed by atoms with E-state index in [9.17, 15) is 9.59 Å². The highest BCUT2D eigenvalue weighted by Crippen LogP contribution is 2.33. The average Bonchev–Trinajstić information content (AvgIpc) is 3.30. The molecule has 1 aromatic carbocycles. The third kappa shape index (κ3) is 4.32. The van der Waals surface area contributed by atoms with Crippen molar-refractivity contribution < 1.29 is 23.8 Å². The van der Waals surface area contributed by atoms with Gasteiger partial charge in [-0.25, -0.2) is 14.6 Å². The van der Waals surface area contributed by atoms with Crippen LogP contribution < -0.4 is 0 Å². The van der Waals surface area contributed by atoms with Crippen molar-refractivity contribution in [2.24, 2.45) is 0 Å². The summed E-state index contributed by atoms with van der Waals surface area (Å²) < 4.78 is 17.0. The largest absolute Gasteiger partial charge is 0.504 e. The second-order valence-electron chi connectivity index (χ2n) is 7.21. The van der Waals surface area contributed by atoms with E-state index in [-0.39, 0.29) is 5.69 Å². The monoisotopic (exact) mass is 414 g/mol. The topological polar surface area (TPSA) is 79.7 Å². The molecule has 0 saturated carbocycles. The summed E-state index contributed by atoms with van der Waals surface area (Å²) in [5.41, 5.74) is 1.66. The van der Waals surface area contributed by atoms with E-state index >= 15 is 0 Å². The zero-order valence-electron chi connectivity index (χ0n) is 16.9. The number of para-hydroxylation sites is 1. The van der Waals surface area contributed by atoms with Gasteiger partial charge in [-0.1, -0.05) is 18.2 Å². The molecule has 0 atom stereocenters. The molecule has 152 valence electrons. The third-order valence-corrected chi connectivity index (χ3v) is 4.83. The number of thiazole rings is 1. The van der Waals surface area contributed by atoms with E-state index in [1.165, 1.54) is 30.1 Å². The Bertz CT molecular complexity index is 1090. The van der Waals surface area contributed by atoms with Gasteiger partial charge >= 0.3 is 12.1 Å². The number of methoxy groups -OCH3 is 2. The van der Waals surface area contributed by atoms with Crippen molar-refractivity contribution >= 4 is 39.9 Å². The Hall–Kier alpha value is -3.13. The zero-order chi connectivity index (χ0) is 21.2. The fourth-order valence-corrected chi connectivity index (χ4v) is 3.61. The van der Waals surface area contributed by atoms with Crippen molar-refractivity contribution in [3.8, 4) is 0 Å². The molecule has 0 aliphatic carbocycles. The average molecular weight is 414 g/mol. The van der Waals surface area contributed by atoms with Crippen LogP contribution in [-0.4, -0.2) is 41.4 Å². The van der Waals surface area contributed by atoms with Crippen LogP contribution >= 0.6 is 11.3 Å². The van der Waals surface area contributed by atoms with Crippen LogP contribution in [0.2, 0.25) is 0 Å². The van der Waals surface area contributed by atoms with Gasteiger partial charge in [0.15, 0.2) is 5.69 Å². The van der Waals surface area contributed by atoms with Gasteiger partial charge in [0.2, 0.25) is 0 Å². The van der Waals surface area contributed by atoms with Crippen LogP contribution in [0.25, 0.3) is 16.5 Å². The molecule has 0 aliphatic heterocycles. The van der Waals surface area contributed by atoms with Gasteiger partial charge in [0.05, 0.1) is 31.6 Å². The van der Waals surface area contributed by atoms with Crippen molar-refractivity contribution in [2.45, 2.75) is 26.4 Å². The Morgan fingerprint density at radius 3 is 2.55 bits per heavy atom. The lowest BCUT2D eigenvalue weighted by Crippen LogP contribution is -2.26. The molecular formula is C21H22N2O5S. The van der Waals surface area contributed by atoms with Gasteiger partial charge in [0, 0.05) is 22.5 Å². The van der Waals surface area contributed by atoms with Gasteiger partial charge in [-0.05, 0) is 26.8 Å². The number of ether oxygens (including phenoxy) is 3. The minimum Gasteiger partial charge on any atom is -0.504 e. The van der Waals surface area contributed by atoms with Gasteiger partial charge in [-0.2, -0.15) is 0 Å². The highest BCUT2D eigenvalue weighted by atomic mass is 32.1. The van der Waals surface area contributed by atoms with Crippen LogP contribution in [-0.2, 0) is 14.2 Å². The molecular weight excluding hydrogens is 392 g/mol. The second kappa shape index (κ2) is 8.08. The Morgan fingerprint density at radius 1 is 1.17 bits per heavy atom. The standard InChI is InChI=1S/C21H22N2O5S/c1-21(2,3)28-20(25)23-10-14(13-8-6-7-9-17(13)23)15(11-26-4)18-22-16(12-29-18)19(24)27-5/h6-12H,1-5H3. The van der Waals surface area contributed by atoms with E-state index in [1.54, 1.807) is 17.8 Å². The molecule has 3 aromatic rings. The molecule has 0 aliphatic rings. The predicted octanol–water partition coefficient (Wildman–Crippen LogP) is 4.70. The van der Waals surface area contributed by atoms with Crippen LogP contribution in [0.1, 0.15) is 41.8 Å². The van der Waals surface area contributed by atoms with Crippen molar-refractivity contribution in [2.75, 3.05) is 14.2 Å². The van der Waals surface area contributed by atoms with E-state index < -0.39 is 17.7 Å². The third-order valence-electron chi connectivity index (χ3n) is 3.96. The van der Waals surface area contributed by atoms with Gasteiger partial charge in [-0.15, -0.1) is 11.3 Å². The first-order valence-corrected chi connectivity index (χ1v) is 9.74. The number of aromatic nitrogens is 2. The van der Waals surface area contributed by atoms with Crippen molar-refractivity contribution in [1.82, 2.24) is 9.55 Å². The molecule has 0 saturated heterocycles. The fourth-order valence-electron chi connectivity index (χ4n) is 2.80. The summed E-state index contributed by atoms with van der Waals surface area (Å²) in [5, 5.41) is 3.02. The van der Waals surface area contributed by atoms with Gasteiger partial charge in [0.1, 0.15) is 10.6 Å². The normalized spacial score (nSPS) is 12.1. The smallest absolute Gasteiger partial charge is 0.419 e. The number of benzene rings is 1. The van der Waals surface area contributed by atoms with Crippen LogP contribution in [0.3, 0.4) is 0 Å². The number of carbonyl (C=O) groups excluding carboxylic acids is 2. The molecule has 0 spiro atoms. The fraction of sp³-hybridized carbons (Fsp3) is 0.286. The van der Waals surface area contributed by atoms with Crippen molar-refractivity contribution in [1.29, 1.82) is 0 Å². The molecule has 0 fully saturated rings. The molecule has 29 heavy (non-hydrogen) atoms. The van der Waals surface area contributed by atoms with E-state index in [4.69, 9.17) is 14.2 Å². The Balaban J connectivity index is 2.14. The van der Waals surface area contributed by atoms with Crippen LogP contribution in [0.15, 0.2) is 42.1 Å². The highest BCUT2D eigenvalue weighted by molar-refractivity contribution is 7.11. The maximum Gasteiger partial charge on any atom is 0.419 e. The molecule has 0 N–H and O–H groups in total. The maximum absolute atomic E-state index is 12.8. The van der Waals surface area contributed by atoms with Gasteiger partial charge in [-0.3, -0.25) is 4.57 Å². The summed E-state index contributed by atoms with van der Waals surface area (Å²) in [5.74, 6) is -0.513. The lowest BCUT2D eigenvalue weighted by atomic mass is 10.1. The van der Waals surface area contributed by atoms with E-state index in [0.717, 1.165) is 10.9 Å². The van der Waals surface area contributed by atoms with Crippen molar-refractivity contribution in [3.05, 3.63) is 58.4 Å². The molecule has 0 unspecified atom stereocenters. The number of nitrogens with zero attached hydrogens (tertiary/aromatic N) is 2. The van der Waals surface area contributed by atoms with E-state index in [1.807, 2.05) is 45.0 Å². The molecule has 8 heteroatoms. The lowest BCUT2D eigenvalue weighted by Gasteiger charge is -2.19. The number of rotatable bonds is 4. The van der Waals surface area contributed by atoms with Crippen molar-refractivity contribution in [3.63, 3.8) is 0 Å². The molecule has 3 rings (SSSR count). The van der Waals surface area contributed by atoms with Crippen LogP contribution in [0.5, 0.6) is 0 Å². The number of esters is 1. The number of carbonyl (C=O) groups is 2. The molecule has 0 bridgehead atoms. The molecule has 2 heterocycles. The summed E-state index contributed by atoms with van der Waals surface area (Å²) >= 11 is 1.29. The highest BCUT2D eigenvalue weighted by Gasteiger charge is 2.23. The summed E-state index contributed by atoms with van der Waals surface area (Å²) in [6, 6.07) is 7.49. The summed E-state index contributed by atoms with van der Waals surface area (Å²) in [6.45, 7) is 5.45. The Labute approximate surface area is 172 Å². The quantitative estimate of drug-likeness (QED) is 0.455. The first-order valence-electron chi connectivity index (χ1n) is 8.86. The first-order chi connectivity index (χ1) is 13.7. The molecule has 0 radical (unpaired) electrons. The second-order valence-corrected chi connectivity index (χ2v) is 8.07. The van der Waals surface area contributed by atoms with Crippen LogP contribution in [0.4, 0.5) is 4.79 Å². The molecule has 2 aromatic heterocycles. The Morgan fingerprint density at radius 2 is 1.90 bits per heavy atom. The molecule has 7 nitrogen and oxygen atoms in total. The SMILES string of the molecule is COC=C(c1nc(C(=O)OC)cs1)c1cn(C(=O)OC(C)(C)C)c2ccccc12. The number of hydrogen-bond acceptors (Lipinski definition) is 7. The predicted molar refractivity (Wildman–Crippen MR) is 111 cm³/mol. The summed E-state index contributed by atoms with van der Waals surface area (Å²) in [7, 11) is 2.84. The Kier molecular flexibility index (Phi) is 5.74. The lowest BCUT2D eigenvalue weighted by molar-refractivity contribution is 0.0542. The van der Waals surface area contributed by atoms with Gasteiger partial charge in [0.25, 0.3) is 0 Å². The van der Waals surface area contributed by atoms with E-state index in [2.05, 4.69) is 4.98 Å². The number of fused-ring (bicyclic) bond motifs is 1.